The second kappa shape index (κ2) is 2.99. The van der Waals surface area contributed by atoms with Crippen molar-refractivity contribution in [3.8, 4) is 6.07 Å². The fourth-order valence-corrected chi connectivity index (χ4v) is 1.65. The van der Waals surface area contributed by atoms with Crippen molar-refractivity contribution in [2.24, 2.45) is 0 Å². The van der Waals surface area contributed by atoms with Crippen LogP contribution in [0.25, 0.3) is 0 Å². The molecule has 4 heteroatoms. The van der Waals surface area contributed by atoms with Gasteiger partial charge in [0.1, 0.15) is 0 Å². The highest BCUT2D eigenvalue weighted by Gasteiger charge is 2.49. The topological polar surface area (TPSA) is 23.8 Å². The van der Waals surface area contributed by atoms with Crippen molar-refractivity contribution in [2.45, 2.75) is 24.4 Å². The third-order valence-corrected chi connectivity index (χ3v) is 2.65. The summed E-state index contributed by atoms with van der Waals surface area (Å²) in [4.78, 5) is 0. The van der Waals surface area contributed by atoms with E-state index >= 15 is 0 Å². The second-order valence-corrected chi connectivity index (χ2v) is 3.66. The van der Waals surface area contributed by atoms with Crippen molar-refractivity contribution in [1.29, 1.82) is 5.26 Å². The Morgan fingerprint density at radius 3 is 2.53 bits per heavy atom. The number of hydrogen-bond acceptors (Lipinski definition) is 1. The Kier molecular flexibility index (Phi) is 2.00. The van der Waals surface area contributed by atoms with E-state index in [2.05, 4.69) is 6.07 Å². The van der Waals surface area contributed by atoms with Crippen LogP contribution in [0.2, 0.25) is 0 Å². The Bertz CT molecular complexity index is 424. The molecule has 1 radical (unpaired) electrons. The van der Waals surface area contributed by atoms with E-state index in [9.17, 15) is 13.2 Å². The van der Waals surface area contributed by atoms with E-state index in [1.54, 1.807) is 0 Å². The summed E-state index contributed by atoms with van der Waals surface area (Å²) >= 11 is 0. The number of halogens is 3. The Labute approximate surface area is 85.1 Å². The van der Waals surface area contributed by atoms with Gasteiger partial charge < -0.3 is 0 Å². The Hall–Kier alpha value is -1.50. The summed E-state index contributed by atoms with van der Waals surface area (Å²) in [5.41, 5.74) is -1.54. The lowest BCUT2D eigenvalue weighted by atomic mass is 9.92. The van der Waals surface area contributed by atoms with Crippen molar-refractivity contribution in [1.82, 2.24) is 0 Å². The van der Waals surface area contributed by atoms with E-state index in [0.29, 0.717) is 12.8 Å². The van der Waals surface area contributed by atoms with E-state index in [4.69, 9.17) is 5.26 Å². The van der Waals surface area contributed by atoms with Crippen LogP contribution in [0.1, 0.15) is 24.0 Å². The molecular weight excluding hydrogens is 203 g/mol. The molecule has 1 saturated carbocycles. The maximum absolute atomic E-state index is 12.6. The molecule has 1 nitrogen and oxygen atoms in total. The molecule has 0 heterocycles. The number of nitrogens with zero attached hydrogens (tertiary/aromatic N) is 1. The molecule has 0 saturated heterocycles. The lowest BCUT2D eigenvalue weighted by molar-refractivity contribution is -0.138. The van der Waals surface area contributed by atoms with Crippen molar-refractivity contribution in [2.75, 3.05) is 0 Å². The summed E-state index contributed by atoms with van der Waals surface area (Å²) in [6.07, 6.45) is -3.38. The molecule has 15 heavy (non-hydrogen) atoms. The molecule has 1 aliphatic carbocycles. The molecule has 2 rings (SSSR count). The van der Waals surface area contributed by atoms with Gasteiger partial charge in [0.2, 0.25) is 0 Å². The van der Waals surface area contributed by atoms with Crippen molar-refractivity contribution < 1.29 is 13.2 Å². The molecule has 0 aliphatic heterocycles. The van der Waals surface area contributed by atoms with Gasteiger partial charge in [0.25, 0.3) is 0 Å². The molecular formula is C11H7F3N. The van der Waals surface area contributed by atoms with Gasteiger partial charge in [-0.3, -0.25) is 0 Å². The van der Waals surface area contributed by atoms with Gasteiger partial charge in [-0.1, -0.05) is 12.1 Å². The third-order valence-electron chi connectivity index (χ3n) is 2.65. The van der Waals surface area contributed by atoms with E-state index in [-0.39, 0.29) is 5.56 Å². The Morgan fingerprint density at radius 2 is 2.07 bits per heavy atom. The molecule has 0 amide bonds. The summed E-state index contributed by atoms with van der Waals surface area (Å²) in [7, 11) is 0. The number of alkyl halides is 3. The summed E-state index contributed by atoms with van der Waals surface area (Å²) in [6, 6.07) is 8.04. The van der Waals surface area contributed by atoms with Crippen LogP contribution >= 0.6 is 0 Å². The standard InChI is InChI=1S/C11H7F3N/c12-11(13,14)9-4-2-1-3-8(9)10(7-15)5-6-10/h1,3-4H,5-6H2. The van der Waals surface area contributed by atoms with Gasteiger partial charge in [-0.2, -0.15) is 18.4 Å². The lowest BCUT2D eigenvalue weighted by Crippen LogP contribution is -2.14. The maximum Gasteiger partial charge on any atom is 0.416 e. The highest BCUT2D eigenvalue weighted by atomic mass is 19.4. The lowest BCUT2D eigenvalue weighted by Gasteiger charge is -2.15. The second-order valence-electron chi connectivity index (χ2n) is 3.66. The smallest absolute Gasteiger partial charge is 0.197 e. The normalized spacial score (nSPS) is 18.3. The minimum atomic E-state index is -4.40. The average Bonchev–Trinajstić information content (AvgIpc) is 2.97. The summed E-state index contributed by atoms with van der Waals surface area (Å²) < 4.78 is 37.8. The number of hydrogen-bond donors (Lipinski definition) is 0. The summed E-state index contributed by atoms with van der Waals surface area (Å²) in [5, 5.41) is 8.87. The molecule has 1 aromatic rings. The molecule has 1 fully saturated rings. The fourth-order valence-electron chi connectivity index (χ4n) is 1.65. The predicted molar refractivity (Wildman–Crippen MR) is 46.8 cm³/mol. The quantitative estimate of drug-likeness (QED) is 0.698. The first kappa shape index (κ1) is 10.0. The van der Waals surface area contributed by atoms with Gasteiger partial charge in [-0.15, -0.1) is 0 Å². The minimum Gasteiger partial charge on any atom is -0.197 e. The Morgan fingerprint density at radius 1 is 1.40 bits per heavy atom. The average molecular weight is 210 g/mol. The zero-order valence-corrected chi connectivity index (χ0v) is 7.73. The predicted octanol–water partition coefficient (Wildman–Crippen LogP) is 3.06. The molecule has 0 aromatic heterocycles. The molecule has 0 atom stereocenters. The van der Waals surface area contributed by atoms with Crippen LogP contribution in [-0.2, 0) is 11.6 Å². The van der Waals surface area contributed by atoms with Crippen LogP contribution in [0.3, 0.4) is 0 Å². The zero-order valence-electron chi connectivity index (χ0n) is 7.73. The van der Waals surface area contributed by atoms with Gasteiger partial charge >= 0.3 is 6.18 Å². The highest BCUT2D eigenvalue weighted by molar-refractivity contribution is 5.45. The minimum absolute atomic E-state index is 0.0938. The maximum atomic E-state index is 12.6. The van der Waals surface area contributed by atoms with Gasteiger partial charge in [-0.05, 0) is 30.5 Å². The number of nitriles is 1. The fraction of sp³-hybridized carbons (Fsp3) is 0.364. The number of rotatable bonds is 1. The SMILES string of the molecule is N#CC1(c2cc[c]cc2C(F)(F)F)CC1. The van der Waals surface area contributed by atoms with E-state index < -0.39 is 17.2 Å². The van der Waals surface area contributed by atoms with Crippen molar-refractivity contribution >= 4 is 0 Å². The van der Waals surface area contributed by atoms with Crippen LogP contribution in [0, 0.1) is 17.4 Å². The van der Waals surface area contributed by atoms with E-state index in [1.165, 1.54) is 12.1 Å². The van der Waals surface area contributed by atoms with Crippen LogP contribution < -0.4 is 0 Å². The van der Waals surface area contributed by atoms with Gasteiger partial charge in [0, 0.05) is 0 Å². The summed E-state index contributed by atoms with van der Waals surface area (Å²) in [6.45, 7) is 0. The van der Waals surface area contributed by atoms with E-state index in [1.807, 2.05) is 6.07 Å². The summed E-state index contributed by atoms with van der Waals surface area (Å²) in [5.74, 6) is 0. The van der Waals surface area contributed by atoms with Crippen molar-refractivity contribution in [3.05, 3.63) is 35.4 Å². The first-order valence-corrected chi connectivity index (χ1v) is 4.49. The third kappa shape index (κ3) is 1.58. The largest absolute Gasteiger partial charge is 0.416 e. The molecule has 0 unspecified atom stereocenters. The highest BCUT2D eigenvalue weighted by Crippen LogP contribution is 2.51. The molecule has 1 aliphatic rings. The van der Waals surface area contributed by atoms with E-state index in [0.717, 1.165) is 6.07 Å². The number of benzene rings is 1. The molecule has 0 N–H and O–H groups in total. The van der Waals surface area contributed by atoms with Gasteiger partial charge in [0.05, 0.1) is 17.0 Å². The Balaban J connectivity index is 2.54. The first-order chi connectivity index (χ1) is 6.99. The van der Waals surface area contributed by atoms with Gasteiger partial charge in [0.15, 0.2) is 0 Å². The van der Waals surface area contributed by atoms with Crippen LogP contribution in [0.15, 0.2) is 18.2 Å². The van der Waals surface area contributed by atoms with Gasteiger partial charge in [-0.25, -0.2) is 0 Å². The molecule has 77 valence electrons. The van der Waals surface area contributed by atoms with Crippen molar-refractivity contribution in [3.63, 3.8) is 0 Å². The van der Waals surface area contributed by atoms with Crippen LogP contribution in [-0.4, -0.2) is 0 Å². The van der Waals surface area contributed by atoms with Crippen LogP contribution in [0.4, 0.5) is 13.2 Å². The first-order valence-electron chi connectivity index (χ1n) is 4.49. The zero-order chi connectivity index (χ0) is 11.1. The monoisotopic (exact) mass is 210 g/mol. The molecule has 1 aromatic carbocycles. The molecule has 0 spiro atoms. The van der Waals surface area contributed by atoms with Crippen LogP contribution in [0.5, 0.6) is 0 Å². The molecule has 0 bridgehead atoms.